The molecular weight excluding hydrogens is 238 g/mol. The van der Waals surface area contributed by atoms with Gasteiger partial charge in [0, 0.05) is 12.0 Å². The Morgan fingerprint density at radius 1 is 1.11 bits per heavy atom. The Kier molecular flexibility index (Phi) is 3.89. The van der Waals surface area contributed by atoms with Crippen molar-refractivity contribution in [3.8, 4) is 0 Å². The lowest BCUT2D eigenvalue weighted by Gasteiger charge is -2.34. The van der Waals surface area contributed by atoms with E-state index in [4.69, 9.17) is 10.5 Å². The van der Waals surface area contributed by atoms with E-state index in [1.807, 2.05) is 0 Å². The first-order valence-electron chi connectivity index (χ1n) is 8.18. The second-order valence-corrected chi connectivity index (χ2v) is 7.38. The van der Waals surface area contributed by atoms with Gasteiger partial charge in [0.05, 0.1) is 18.3 Å². The van der Waals surface area contributed by atoms with Crippen LogP contribution in [0.5, 0.6) is 0 Å². The summed E-state index contributed by atoms with van der Waals surface area (Å²) >= 11 is 0. The Morgan fingerprint density at radius 3 is 2.42 bits per heavy atom. The molecule has 3 N–H and O–H groups in total. The van der Waals surface area contributed by atoms with Crippen molar-refractivity contribution in [1.82, 2.24) is 0 Å². The quantitative estimate of drug-likeness (QED) is 0.778. The number of ether oxygens (including phenoxy) is 1. The van der Waals surface area contributed by atoms with Crippen molar-refractivity contribution in [1.29, 1.82) is 0 Å². The molecule has 2 atom stereocenters. The SMILES string of the molecule is NCC(CO)(CC1CC1)CC1CCC2(CCCC2)O1. The number of aliphatic hydroxyl groups is 1. The number of rotatable bonds is 6. The van der Waals surface area contributed by atoms with Crippen LogP contribution >= 0.6 is 0 Å². The summed E-state index contributed by atoms with van der Waals surface area (Å²) in [6.45, 7) is 0.833. The summed E-state index contributed by atoms with van der Waals surface area (Å²) < 4.78 is 6.40. The zero-order valence-corrected chi connectivity index (χ0v) is 12.1. The molecule has 0 bridgehead atoms. The summed E-state index contributed by atoms with van der Waals surface area (Å²) in [5.74, 6) is 0.817. The molecule has 3 rings (SSSR count). The topological polar surface area (TPSA) is 55.5 Å². The highest BCUT2D eigenvalue weighted by atomic mass is 16.5. The Hall–Kier alpha value is -0.120. The fourth-order valence-electron chi connectivity index (χ4n) is 4.29. The van der Waals surface area contributed by atoms with Crippen LogP contribution in [0.1, 0.15) is 64.2 Å². The van der Waals surface area contributed by atoms with E-state index in [0.717, 1.165) is 18.8 Å². The van der Waals surface area contributed by atoms with Gasteiger partial charge in [-0.1, -0.05) is 25.7 Å². The summed E-state index contributed by atoms with van der Waals surface area (Å²) in [6.07, 6.45) is 12.6. The number of aliphatic hydroxyl groups excluding tert-OH is 1. The summed E-state index contributed by atoms with van der Waals surface area (Å²) in [6, 6.07) is 0. The number of hydrogen-bond donors (Lipinski definition) is 2. The van der Waals surface area contributed by atoms with Gasteiger partial charge in [0.1, 0.15) is 0 Å². The van der Waals surface area contributed by atoms with E-state index in [9.17, 15) is 5.11 Å². The van der Waals surface area contributed by atoms with Crippen molar-refractivity contribution in [2.75, 3.05) is 13.2 Å². The number of nitrogens with two attached hydrogens (primary N) is 1. The van der Waals surface area contributed by atoms with Crippen molar-refractivity contribution in [3.05, 3.63) is 0 Å². The fraction of sp³-hybridized carbons (Fsp3) is 1.00. The lowest BCUT2D eigenvalue weighted by atomic mass is 9.78. The molecule has 2 unspecified atom stereocenters. The zero-order chi connectivity index (χ0) is 13.3. The van der Waals surface area contributed by atoms with Crippen LogP contribution < -0.4 is 5.73 Å². The Bertz CT molecular complexity index is 304. The van der Waals surface area contributed by atoms with Gasteiger partial charge in [-0.25, -0.2) is 0 Å². The molecule has 19 heavy (non-hydrogen) atoms. The highest BCUT2D eigenvalue weighted by Crippen LogP contribution is 2.48. The molecule has 1 heterocycles. The Labute approximate surface area is 116 Å². The van der Waals surface area contributed by atoms with Gasteiger partial charge in [0.15, 0.2) is 0 Å². The third-order valence-corrected chi connectivity index (χ3v) is 5.70. The molecule has 2 saturated carbocycles. The summed E-state index contributed by atoms with van der Waals surface area (Å²) in [5, 5.41) is 9.83. The Morgan fingerprint density at radius 2 is 1.84 bits per heavy atom. The van der Waals surface area contributed by atoms with E-state index in [-0.39, 0.29) is 17.6 Å². The average molecular weight is 267 g/mol. The van der Waals surface area contributed by atoms with Gasteiger partial charge in [0.25, 0.3) is 0 Å². The van der Waals surface area contributed by atoms with Gasteiger partial charge in [-0.2, -0.15) is 0 Å². The minimum absolute atomic E-state index is 0.0734. The molecular formula is C16H29NO2. The molecule has 3 heteroatoms. The highest BCUT2D eigenvalue weighted by Gasteiger charge is 2.45. The molecule has 0 radical (unpaired) electrons. The summed E-state index contributed by atoms with van der Waals surface area (Å²) in [7, 11) is 0. The van der Waals surface area contributed by atoms with E-state index in [1.165, 1.54) is 51.4 Å². The van der Waals surface area contributed by atoms with Gasteiger partial charge in [-0.15, -0.1) is 0 Å². The smallest absolute Gasteiger partial charge is 0.0687 e. The minimum Gasteiger partial charge on any atom is -0.396 e. The first kappa shape index (κ1) is 13.8. The lowest BCUT2D eigenvalue weighted by molar-refractivity contribution is -0.0606. The molecule has 110 valence electrons. The monoisotopic (exact) mass is 267 g/mol. The molecule has 1 spiro atoms. The van der Waals surface area contributed by atoms with Crippen molar-refractivity contribution in [3.63, 3.8) is 0 Å². The molecule has 3 nitrogen and oxygen atoms in total. The Balaban J connectivity index is 1.59. The highest BCUT2D eigenvalue weighted by molar-refractivity contribution is 4.96. The standard InChI is InChI=1S/C16H29NO2/c17-11-15(12-18,9-13-3-4-13)10-14-5-8-16(19-14)6-1-2-7-16/h13-14,18H,1-12,17H2. The van der Waals surface area contributed by atoms with Crippen LogP contribution in [0.3, 0.4) is 0 Å². The third-order valence-electron chi connectivity index (χ3n) is 5.70. The van der Waals surface area contributed by atoms with Gasteiger partial charge < -0.3 is 15.6 Å². The van der Waals surface area contributed by atoms with Gasteiger partial charge in [-0.3, -0.25) is 0 Å². The first-order chi connectivity index (χ1) is 9.19. The predicted molar refractivity (Wildman–Crippen MR) is 75.8 cm³/mol. The van der Waals surface area contributed by atoms with E-state index < -0.39 is 0 Å². The molecule has 0 aromatic heterocycles. The van der Waals surface area contributed by atoms with Gasteiger partial charge >= 0.3 is 0 Å². The predicted octanol–water partition coefficient (Wildman–Crippen LogP) is 2.61. The van der Waals surface area contributed by atoms with Gasteiger partial charge in [-0.05, 0) is 44.4 Å². The van der Waals surface area contributed by atoms with E-state index >= 15 is 0 Å². The maximum absolute atomic E-state index is 9.83. The first-order valence-corrected chi connectivity index (χ1v) is 8.18. The van der Waals surface area contributed by atoms with Crippen molar-refractivity contribution in [2.45, 2.75) is 75.9 Å². The molecule has 3 fully saturated rings. The summed E-state index contributed by atoms with van der Waals surface area (Å²) in [4.78, 5) is 0. The average Bonchev–Trinajstić information content (AvgIpc) is 2.98. The van der Waals surface area contributed by atoms with Crippen molar-refractivity contribution in [2.24, 2.45) is 17.1 Å². The maximum atomic E-state index is 9.83. The molecule has 1 aliphatic heterocycles. The van der Waals surface area contributed by atoms with E-state index in [1.54, 1.807) is 0 Å². The second-order valence-electron chi connectivity index (χ2n) is 7.38. The molecule has 0 amide bonds. The molecule has 0 aromatic rings. The minimum atomic E-state index is -0.0734. The van der Waals surface area contributed by atoms with E-state index in [0.29, 0.717) is 12.6 Å². The van der Waals surface area contributed by atoms with Crippen molar-refractivity contribution < 1.29 is 9.84 Å². The molecule has 3 aliphatic rings. The molecule has 2 aliphatic carbocycles. The van der Waals surface area contributed by atoms with Crippen LogP contribution in [0.15, 0.2) is 0 Å². The molecule has 1 saturated heterocycles. The van der Waals surface area contributed by atoms with Crippen molar-refractivity contribution >= 4 is 0 Å². The van der Waals surface area contributed by atoms with E-state index in [2.05, 4.69) is 0 Å². The van der Waals surface area contributed by atoms with Crippen LogP contribution in [0.25, 0.3) is 0 Å². The summed E-state index contributed by atoms with van der Waals surface area (Å²) in [5.41, 5.74) is 6.14. The largest absolute Gasteiger partial charge is 0.396 e. The maximum Gasteiger partial charge on any atom is 0.0687 e. The van der Waals surface area contributed by atoms with Crippen LogP contribution in [0, 0.1) is 11.3 Å². The fourth-order valence-corrected chi connectivity index (χ4v) is 4.29. The normalized spacial score (nSPS) is 32.8. The van der Waals surface area contributed by atoms with Crippen LogP contribution in [-0.4, -0.2) is 30.0 Å². The number of hydrogen-bond acceptors (Lipinski definition) is 3. The van der Waals surface area contributed by atoms with Crippen LogP contribution in [0.2, 0.25) is 0 Å². The molecule has 0 aromatic carbocycles. The second kappa shape index (κ2) is 5.34. The zero-order valence-electron chi connectivity index (χ0n) is 12.1. The third kappa shape index (κ3) is 2.98. The lowest BCUT2D eigenvalue weighted by Crippen LogP contribution is -2.39. The van der Waals surface area contributed by atoms with Gasteiger partial charge in [0.2, 0.25) is 0 Å². The van der Waals surface area contributed by atoms with Crippen LogP contribution in [0.4, 0.5) is 0 Å². The van der Waals surface area contributed by atoms with Crippen LogP contribution in [-0.2, 0) is 4.74 Å².